The summed E-state index contributed by atoms with van der Waals surface area (Å²) in [7, 11) is 4.08. The molecule has 0 saturated heterocycles. The molecule has 1 amide bonds. The van der Waals surface area contributed by atoms with E-state index in [1.165, 1.54) is 12.1 Å². The van der Waals surface area contributed by atoms with E-state index in [4.69, 9.17) is 0 Å². The summed E-state index contributed by atoms with van der Waals surface area (Å²) in [6.07, 6.45) is 0. The topological polar surface area (TPSA) is 37.3 Å². The molecule has 180 valence electrons. The maximum Gasteiger partial charge on any atom is 0.258 e. The third kappa shape index (κ3) is 5.36. The first-order valence-corrected chi connectivity index (χ1v) is 12.0. The summed E-state index contributed by atoms with van der Waals surface area (Å²) in [4.78, 5) is 16.1. The van der Waals surface area contributed by atoms with E-state index >= 15 is 0 Å². The van der Waals surface area contributed by atoms with Crippen molar-refractivity contribution in [2.24, 2.45) is 0 Å². The molecule has 1 N–H and O–H groups in total. The van der Waals surface area contributed by atoms with Crippen LogP contribution in [0.4, 0.5) is 10.1 Å². The summed E-state index contributed by atoms with van der Waals surface area (Å²) in [6.45, 7) is 5.73. The first-order valence-electron chi connectivity index (χ1n) is 12.0. The summed E-state index contributed by atoms with van der Waals surface area (Å²) >= 11 is 0. The molecule has 0 fully saturated rings. The second-order valence-electron chi connectivity index (χ2n) is 9.29. The molecule has 5 heteroatoms. The molecule has 0 spiro atoms. The van der Waals surface area contributed by atoms with Crippen LogP contribution in [0.2, 0.25) is 0 Å². The van der Waals surface area contributed by atoms with Gasteiger partial charge >= 0.3 is 0 Å². The first kappa shape index (κ1) is 24.4. The lowest BCUT2D eigenvalue weighted by Gasteiger charge is -2.19. The van der Waals surface area contributed by atoms with Crippen molar-refractivity contribution < 1.29 is 9.18 Å². The molecule has 1 aromatic heterocycles. The Bertz CT molecular complexity index is 1280. The van der Waals surface area contributed by atoms with Crippen LogP contribution < -0.4 is 5.32 Å². The summed E-state index contributed by atoms with van der Waals surface area (Å²) in [5.41, 5.74) is 6.01. The number of nitrogens with zero attached hydrogens (tertiary/aromatic N) is 2. The zero-order chi connectivity index (χ0) is 24.9. The number of benzene rings is 3. The standard InChI is InChI=1S/C30H32FN3O/c1-21(2)28-27(30(35)32-25-13-9-6-10-14-25)26(22-11-7-5-8-12-22)29(34(28)20-19-33(3)4)23-15-17-24(31)18-16-23/h5-18,21H,19-20H2,1-4H3,(H,32,35). The van der Waals surface area contributed by atoms with Gasteiger partial charge in [0.15, 0.2) is 0 Å². The van der Waals surface area contributed by atoms with Gasteiger partial charge in [-0.15, -0.1) is 0 Å². The van der Waals surface area contributed by atoms with Crippen molar-refractivity contribution in [1.82, 2.24) is 9.47 Å². The van der Waals surface area contributed by atoms with Gasteiger partial charge in [0.1, 0.15) is 5.82 Å². The van der Waals surface area contributed by atoms with Gasteiger partial charge in [0.25, 0.3) is 5.91 Å². The summed E-state index contributed by atoms with van der Waals surface area (Å²) < 4.78 is 16.1. The number of carbonyl (C=O) groups is 1. The molecule has 0 aliphatic heterocycles. The molecule has 4 nitrogen and oxygen atoms in total. The molecule has 4 rings (SSSR count). The fraction of sp³-hybridized carbons (Fsp3) is 0.233. The second-order valence-corrected chi connectivity index (χ2v) is 9.29. The molecule has 1 heterocycles. The van der Waals surface area contributed by atoms with E-state index in [0.29, 0.717) is 12.1 Å². The smallest absolute Gasteiger partial charge is 0.258 e. The number of aromatic nitrogens is 1. The van der Waals surface area contributed by atoms with E-state index < -0.39 is 0 Å². The van der Waals surface area contributed by atoms with Crippen LogP contribution in [0.15, 0.2) is 84.9 Å². The Labute approximate surface area is 207 Å². The van der Waals surface area contributed by atoms with Gasteiger partial charge in [-0.05, 0) is 67.5 Å². The van der Waals surface area contributed by atoms with Crippen molar-refractivity contribution in [3.05, 3.63) is 102 Å². The minimum Gasteiger partial charge on any atom is -0.342 e. The molecule has 0 aliphatic rings. The van der Waals surface area contributed by atoms with E-state index in [0.717, 1.165) is 40.3 Å². The van der Waals surface area contributed by atoms with Crippen molar-refractivity contribution in [3.8, 4) is 22.4 Å². The summed E-state index contributed by atoms with van der Waals surface area (Å²) in [6, 6.07) is 26.1. The SMILES string of the molecule is CC(C)c1c(C(=O)Nc2ccccc2)c(-c2ccccc2)c(-c2ccc(F)cc2)n1CCN(C)C. The number of anilines is 1. The average molecular weight is 470 g/mol. The van der Waals surface area contributed by atoms with Crippen molar-refractivity contribution in [3.63, 3.8) is 0 Å². The summed E-state index contributed by atoms with van der Waals surface area (Å²) in [5, 5.41) is 3.11. The molecular weight excluding hydrogens is 437 g/mol. The fourth-order valence-electron chi connectivity index (χ4n) is 4.51. The number of hydrogen-bond donors (Lipinski definition) is 1. The van der Waals surface area contributed by atoms with Gasteiger partial charge in [-0.25, -0.2) is 4.39 Å². The molecule has 0 unspecified atom stereocenters. The van der Waals surface area contributed by atoms with Crippen LogP contribution in [0, 0.1) is 5.82 Å². The molecule has 3 aromatic carbocycles. The minimum atomic E-state index is -0.285. The maximum atomic E-state index is 13.9. The summed E-state index contributed by atoms with van der Waals surface area (Å²) in [5.74, 6) is -0.344. The largest absolute Gasteiger partial charge is 0.342 e. The molecule has 35 heavy (non-hydrogen) atoms. The lowest BCUT2D eigenvalue weighted by molar-refractivity contribution is 0.102. The van der Waals surface area contributed by atoms with Crippen LogP contribution in [0.5, 0.6) is 0 Å². The van der Waals surface area contributed by atoms with E-state index in [1.54, 1.807) is 12.1 Å². The predicted molar refractivity (Wildman–Crippen MR) is 142 cm³/mol. The van der Waals surface area contributed by atoms with E-state index in [-0.39, 0.29) is 17.6 Å². The Balaban J connectivity index is 2.03. The molecule has 0 radical (unpaired) electrons. The predicted octanol–water partition coefficient (Wildman–Crippen LogP) is 6.90. The van der Waals surface area contributed by atoms with Gasteiger partial charge in [0.2, 0.25) is 0 Å². The molecule has 4 aromatic rings. The van der Waals surface area contributed by atoms with Gasteiger partial charge in [-0.1, -0.05) is 62.4 Å². The zero-order valence-corrected chi connectivity index (χ0v) is 20.8. The number of carbonyl (C=O) groups excluding carboxylic acids is 1. The highest BCUT2D eigenvalue weighted by atomic mass is 19.1. The number of halogens is 1. The van der Waals surface area contributed by atoms with Gasteiger partial charge in [-0.2, -0.15) is 0 Å². The molecule has 0 bridgehead atoms. The van der Waals surface area contributed by atoms with Crippen LogP contribution in [-0.4, -0.2) is 36.0 Å². The molecule has 0 atom stereocenters. The monoisotopic (exact) mass is 469 g/mol. The Morgan fingerprint density at radius 3 is 2.06 bits per heavy atom. The van der Waals surface area contributed by atoms with Crippen LogP contribution in [0.3, 0.4) is 0 Å². The zero-order valence-electron chi connectivity index (χ0n) is 20.8. The van der Waals surface area contributed by atoms with Gasteiger partial charge in [0.05, 0.1) is 11.3 Å². The highest BCUT2D eigenvalue weighted by Gasteiger charge is 2.30. The lowest BCUT2D eigenvalue weighted by atomic mass is 9.94. The number of rotatable bonds is 8. The Morgan fingerprint density at radius 2 is 1.49 bits per heavy atom. The highest BCUT2D eigenvalue weighted by Crippen LogP contribution is 2.42. The number of amides is 1. The van der Waals surface area contributed by atoms with Crippen molar-refractivity contribution in [2.75, 3.05) is 26.0 Å². The Kier molecular flexibility index (Phi) is 7.47. The first-order chi connectivity index (χ1) is 16.9. The molecule has 0 saturated carbocycles. The van der Waals surface area contributed by atoms with Gasteiger partial charge < -0.3 is 14.8 Å². The van der Waals surface area contributed by atoms with E-state index in [9.17, 15) is 9.18 Å². The van der Waals surface area contributed by atoms with Crippen molar-refractivity contribution >= 4 is 11.6 Å². The minimum absolute atomic E-state index is 0.0883. The number of para-hydroxylation sites is 1. The normalized spacial score (nSPS) is 11.3. The highest BCUT2D eigenvalue weighted by molar-refractivity contribution is 6.12. The van der Waals surface area contributed by atoms with Gasteiger partial charge in [0, 0.05) is 30.0 Å². The Hall–Kier alpha value is -3.70. The van der Waals surface area contributed by atoms with E-state index in [2.05, 4.69) is 28.6 Å². The van der Waals surface area contributed by atoms with E-state index in [1.807, 2.05) is 74.8 Å². The molecule has 0 aliphatic carbocycles. The van der Waals surface area contributed by atoms with Crippen molar-refractivity contribution in [1.29, 1.82) is 0 Å². The third-order valence-corrected chi connectivity index (χ3v) is 6.06. The second kappa shape index (κ2) is 10.7. The maximum absolute atomic E-state index is 13.9. The number of hydrogen-bond acceptors (Lipinski definition) is 2. The third-order valence-electron chi connectivity index (χ3n) is 6.06. The van der Waals surface area contributed by atoms with Crippen LogP contribution >= 0.6 is 0 Å². The van der Waals surface area contributed by atoms with Gasteiger partial charge in [-0.3, -0.25) is 4.79 Å². The quantitative estimate of drug-likeness (QED) is 0.305. The lowest BCUT2D eigenvalue weighted by Crippen LogP contribution is -2.21. The van der Waals surface area contributed by atoms with Crippen LogP contribution in [0.25, 0.3) is 22.4 Å². The average Bonchev–Trinajstić information content (AvgIpc) is 3.20. The fourth-order valence-corrected chi connectivity index (χ4v) is 4.51. The van der Waals surface area contributed by atoms with Crippen molar-refractivity contribution in [2.45, 2.75) is 26.3 Å². The van der Waals surface area contributed by atoms with Crippen LogP contribution in [0.1, 0.15) is 35.8 Å². The number of likely N-dealkylation sites (N-methyl/N-ethyl adjacent to an activating group) is 1. The molecular formula is C30H32FN3O. The Morgan fingerprint density at radius 1 is 0.886 bits per heavy atom. The van der Waals surface area contributed by atoms with Crippen LogP contribution in [-0.2, 0) is 6.54 Å². The number of nitrogens with one attached hydrogen (secondary N) is 1.